The summed E-state index contributed by atoms with van der Waals surface area (Å²) in [4.78, 5) is 39.2. The average Bonchev–Trinajstić information content (AvgIpc) is 2.93. The molecule has 0 aromatic heterocycles. The van der Waals surface area contributed by atoms with E-state index in [4.69, 9.17) is 23.2 Å². The molecule has 0 atom stereocenters. The Hall–Kier alpha value is -3.56. The minimum absolute atomic E-state index is 0.0902. The molecule has 4 aromatic carbocycles. The van der Waals surface area contributed by atoms with Gasteiger partial charge < -0.3 is 16.0 Å². The first-order valence-electron chi connectivity index (χ1n) is 11.9. The molecule has 0 saturated carbocycles. The van der Waals surface area contributed by atoms with E-state index in [-0.39, 0.29) is 17.4 Å². The lowest BCUT2D eigenvalue weighted by molar-refractivity contribution is -0.114. The zero-order chi connectivity index (χ0) is 28.5. The van der Waals surface area contributed by atoms with Crippen LogP contribution in [0.25, 0.3) is 6.08 Å². The Labute approximate surface area is 254 Å². The first kappa shape index (κ1) is 29.4. The topological polar surface area (TPSA) is 87.3 Å². The SMILES string of the molecule is O=C(CSc1ccc(NC(=O)/C(=C/c2ccc(Br)cc2)NC(=O)c2ccccc2)cc1)Nc1cc(Cl)cc(Cl)c1. The molecule has 0 spiro atoms. The summed E-state index contributed by atoms with van der Waals surface area (Å²) in [5.41, 5.74) is 2.32. The standard InChI is InChI=1S/C30H22BrCl2N3O3S/c31-21-8-6-19(7-9-21)14-27(36-29(38)20-4-2-1-3-5-20)30(39)35-24-10-12-26(13-11-24)40-18-28(37)34-25-16-22(32)15-23(33)17-25/h1-17H,18H2,(H,34,37)(H,35,39)(H,36,38)/b27-14-. The minimum Gasteiger partial charge on any atom is -0.325 e. The van der Waals surface area contributed by atoms with E-state index >= 15 is 0 Å². The number of amides is 3. The molecule has 0 aliphatic heterocycles. The second-order valence-corrected chi connectivity index (χ2v) is 11.2. The summed E-state index contributed by atoms with van der Waals surface area (Å²) >= 11 is 16.7. The highest BCUT2D eigenvalue weighted by atomic mass is 79.9. The Balaban J connectivity index is 1.40. The molecule has 202 valence electrons. The monoisotopic (exact) mass is 653 g/mol. The maximum Gasteiger partial charge on any atom is 0.272 e. The van der Waals surface area contributed by atoms with Crippen molar-refractivity contribution in [2.24, 2.45) is 0 Å². The van der Waals surface area contributed by atoms with Gasteiger partial charge in [0.1, 0.15) is 5.70 Å². The highest BCUT2D eigenvalue weighted by molar-refractivity contribution is 9.10. The first-order valence-corrected chi connectivity index (χ1v) is 14.4. The Bertz CT molecular complexity index is 1530. The lowest BCUT2D eigenvalue weighted by Crippen LogP contribution is -2.30. The van der Waals surface area contributed by atoms with Crippen molar-refractivity contribution >= 4 is 86.1 Å². The van der Waals surface area contributed by atoms with Crippen LogP contribution in [0.15, 0.2) is 112 Å². The lowest BCUT2D eigenvalue weighted by atomic mass is 10.1. The molecule has 3 N–H and O–H groups in total. The number of anilines is 2. The van der Waals surface area contributed by atoms with Gasteiger partial charge in [0.15, 0.2) is 0 Å². The molecule has 0 bridgehead atoms. The Morgan fingerprint density at radius 1 is 0.775 bits per heavy atom. The summed E-state index contributed by atoms with van der Waals surface area (Å²) in [6.45, 7) is 0. The van der Waals surface area contributed by atoms with Gasteiger partial charge in [0.05, 0.1) is 5.75 Å². The van der Waals surface area contributed by atoms with Crippen LogP contribution < -0.4 is 16.0 Å². The largest absolute Gasteiger partial charge is 0.325 e. The van der Waals surface area contributed by atoms with Gasteiger partial charge in [-0.3, -0.25) is 14.4 Å². The van der Waals surface area contributed by atoms with Crippen LogP contribution in [-0.4, -0.2) is 23.5 Å². The smallest absolute Gasteiger partial charge is 0.272 e. The van der Waals surface area contributed by atoms with Gasteiger partial charge in [0, 0.05) is 36.4 Å². The molecule has 0 saturated heterocycles. The van der Waals surface area contributed by atoms with E-state index in [1.807, 2.05) is 30.3 Å². The van der Waals surface area contributed by atoms with Crippen molar-refractivity contribution in [1.82, 2.24) is 5.32 Å². The first-order chi connectivity index (χ1) is 19.2. The van der Waals surface area contributed by atoms with Crippen LogP contribution in [0.5, 0.6) is 0 Å². The number of carbonyl (C=O) groups is 3. The van der Waals surface area contributed by atoms with Crippen LogP contribution >= 0.6 is 50.9 Å². The third-order valence-corrected chi connectivity index (χ3v) is 7.32. The van der Waals surface area contributed by atoms with E-state index in [1.54, 1.807) is 72.8 Å². The second-order valence-electron chi connectivity index (χ2n) is 8.40. The van der Waals surface area contributed by atoms with E-state index in [0.717, 1.165) is 14.9 Å². The number of hydrogen-bond donors (Lipinski definition) is 3. The lowest BCUT2D eigenvalue weighted by Gasteiger charge is -2.12. The van der Waals surface area contributed by atoms with Crippen LogP contribution in [-0.2, 0) is 9.59 Å². The highest BCUT2D eigenvalue weighted by Gasteiger charge is 2.15. The number of thioether (sulfide) groups is 1. The molecule has 4 rings (SSSR count). The van der Waals surface area contributed by atoms with Gasteiger partial charge >= 0.3 is 0 Å². The van der Waals surface area contributed by atoms with Gasteiger partial charge in [-0.15, -0.1) is 11.8 Å². The van der Waals surface area contributed by atoms with E-state index in [0.29, 0.717) is 27.0 Å². The summed E-state index contributed by atoms with van der Waals surface area (Å²) < 4.78 is 0.897. The van der Waals surface area contributed by atoms with Crippen LogP contribution in [0, 0.1) is 0 Å². The quantitative estimate of drug-likeness (QED) is 0.127. The van der Waals surface area contributed by atoms with Crippen LogP contribution in [0.1, 0.15) is 15.9 Å². The van der Waals surface area contributed by atoms with E-state index < -0.39 is 11.8 Å². The predicted octanol–water partition coefficient (Wildman–Crippen LogP) is 7.90. The summed E-state index contributed by atoms with van der Waals surface area (Å²) in [6, 6.07) is 27.9. The van der Waals surface area contributed by atoms with Gasteiger partial charge in [-0.05, 0) is 78.4 Å². The molecule has 10 heteroatoms. The fourth-order valence-electron chi connectivity index (χ4n) is 3.47. The molecule has 0 fully saturated rings. The molecule has 0 unspecified atom stereocenters. The second kappa shape index (κ2) is 14.2. The van der Waals surface area contributed by atoms with Gasteiger partial charge in [-0.1, -0.05) is 69.5 Å². The van der Waals surface area contributed by atoms with E-state index in [1.165, 1.54) is 11.8 Å². The van der Waals surface area contributed by atoms with E-state index in [2.05, 4.69) is 31.9 Å². The Morgan fingerprint density at radius 3 is 2.08 bits per heavy atom. The molecular weight excluding hydrogens is 633 g/mol. The summed E-state index contributed by atoms with van der Waals surface area (Å²) in [5.74, 6) is -0.921. The van der Waals surface area contributed by atoms with Crippen molar-refractivity contribution in [3.05, 3.63) is 128 Å². The molecule has 0 radical (unpaired) electrons. The van der Waals surface area contributed by atoms with Crippen molar-refractivity contribution in [3.63, 3.8) is 0 Å². The van der Waals surface area contributed by atoms with Crippen LogP contribution in [0.2, 0.25) is 10.0 Å². The van der Waals surface area contributed by atoms with Gasteiger partial charge in [-0.2, -0.15) is 0 Å². The number of carbonyl (C=O) groups excluding carboxylic acids is 3. The maximum absolute atomic E-state index is 13.2. The zero-order valence-corrected chi connectivity index (χ0v) is 24.7. The van der Waals surface area contributed by atoms with Crippen molar-refractivity contribution in [1.29, 1.82) is 0 Å². The number of hydrogen-bond acceptors (Lipinski definition) is 4. The van der Waals surface area contributed by atoms with Gasteiger partial charge in [0.25, 0.3) is 11.8 Å². The van der Waals surface area contributed by atoms with Crippen molar-refractivity contribution in [2.45, 2.75) is 4.90 Å². The minimum atomic E-state index is -0.479. The van der Waals surface area contributed by atoms with Gasteiger partial charge in [-0.25, -0.2) is 0 Å². The molecule has 0 heterocycles. The normalized spacial score (nSPS) is 11.0. The maximum atomic E-state index is 13.2. The Morgan fingerprint density at radius 2 is 1.43 bits per heavy atom. The average molecular weight is 655 g/mol. The molecular formula is C30H22BrCl2N3O3S. The van der Waals surface area contributed by atoms with Gasteiger partial charge in [0.2, 0.25) is 5.91 Å². The fourth-order valence-corrected chi connectivity index (χ4v) is 4.96. The summed E-state index contributed by atoms with van der Waals surface area (Å²) in [7, 11) is 0. The van der Waals surface area contributed by atoms with Crippen molar-refractivity contribution in [3.8, 4) is 0 Å². The van der Waals surface area contributed by atoms with Crippen molar-refractivity contribution in [2.75, 3.05) is 16.4 Å². The fraction of sp³-hybridized carbons (Fsp3) is 0.0333. The van der Waals surface area contributed by atoms with Crippen molar-refractivity contribution < 1.29 is 14.4 Å². The molecule has 4 aromatic rings. The molecule has 40 heavy (non-hydrogen) atoms. The zero-order valence-electron chi connectivity index (χ0n) is 20.8. The third kappa shape index (κ3) is 8.99. The number of nitrogens with one attached hydrogen (secondary N) is 3. The molecule has 0 aliphatic rings. The highest BCUT2D eigenvalue weighted by Crippen LogP contribution is 2.24. The predicted molar refractivity (Wildman–Crippen MR) is 167 cm³/mol. The summed E-state index contributed by atoms with van der Waals surface area (Å²) in [5, 5.41) is 9.17. The molecule has 3 amide bonds. The number of halogens is 3. The number of rotatable bonds is 9. The molecule has 0 aliphatic carbocycles. The summed E-state index contributed by atoms with van der Waals surface area (Å²) in [6.07, 6.45) is 1.61. The number of benzene rings is 4. The van der Waals surface area contributed by atoms with Crippen LogP contribution in [0.4, 0.5) is 11.4 Å². The Kier molecular flexibility index (Phi) is 10.4. The third-order valence-electron chi connectivity index (χ3n) is 5.34. The molecule has 6 nitrogen and oxygen atoms in total. The van der Waals surface area contributed by atoms with E-state index in [9.17, 15) is 14.4 Å². The van der Waals surface area contributed by atoms with Crippen LogP contribution in [0.3, 0.4) is 0 Å².